The van der Waals surface area contributed by atoms with Gasteiger partial charge in [0.1, 0.15) is 0 Å². The molecule has 0 fully saturated rings. The van der Waals surface area contributed by atoms with Gasteiger partial charge in [-0.05, 0) is 78.8 Å². The highest BCUT2D eigenvalue weighted by Crippen LogP contribution is 2.38. The van der Waals surface area contributed by atoms with Gasteiger partial charge in [-0.2, -0.15) is 0 Å². The summed E-state index contributed by atoms with van der Waals surface area (Å²) in [7, 11) is 0. The zero-order valence-corrected chi connectivity index (χ0v) is 27.2. The van der Waals surface area contributed by atoms with Gasteiger partial charge in [0.25, 0.3) is 0 Å². The standard InChI is InChI=1S/C48H30N2/c1-2-10-32(11-3-1)45-27-23-33-17-18-34-24-28-46(50-48(34)47(33)49-45)44-26-25-41(42-14-6-7-15-43(42)44)38-22-20-35-29-37(21-19-36(35)30-38)40-16-8-12-31-9-4-5-13-39(31)40/h1-30H. The minimum absolute atomic E-state index is 0.920. The Bertz CT molecular complexity index is 2920. The highest BCUT2D eigenvalue weighted by molar-refractivity contribution is 6.08. The van der Waals surface area contributed by atoms with Crippen LogP contribution in [0.25, 0.3) is 98.9 Å². The first-order valence-corrected chi connectivity index (χ1v) is 17.1. The molecule has 0 aliphatic heterocycles. The smallest absolute Gasteiger partial charge is 0.0972 e. The van der Waals surface area contributed by atoms with Gasteiger partial charge in [-0.25, -0.2) is 9.97 Å². The lowest BCUT2D eigenvalue weighted by Crippen LogP contribution is -1.92. The van der Waals surface area contributed by atoms with Crippen LogP contribution in [0.5, 0.6) is 0 Å². The molecule has 232 valence electrons. The van der Waals surface area contributed by atoms with Crippen LogP contribution in [0.1, 0.15) is 0 Å². The molecule has 2 aromatic heterocycles. The van der Waals surface area contributed by atoms with Crippen LogP contribution in [-0.2, 0) is 0 Å². The quantitative estimate of drug-likeness (QED) is 0.180. The number of pyridine rings is 2. The van der Waals surface area contributed by atoms with Crippen LogP contribution in [0, 0.1) is 0 Å². The summed E-state index contributed by atoms with van der Waals surface area (Å²) < 4.78 is 0. The topological polar surface area (TPSA) is 25.8 Å². The Morgan fingerprint density at radius 3 is 1.48 bits per heavy atom. The molecular weight excluding hydrogens is 605 g/mol. The van der Waals surface area contributed by atoms with E-state index in [9.17, 15) is 0 Å². The predicted molar refractivity (Wildman–Crippen MR) is 211 cm³/mol. The molecule has 2 heteroatoms. The van der Waals surface area contributed by atoms with Gasteiger partial charge in [0.15, 0.2) is 0 Å². The maximum Gasteiger partial charge on any atom is 0.0972 e. The van der Waals surface area contributed by atoms with Crippen LogP contribution in [0.2, 0.25) is 0 Å². The van der Waals surface area contributed by atoms with Gasteiger partial charge >= 0.3 is 0 Å². The molecule has 2 nitrogen and oxygen atoms in total. The summed E-state index contributed by atoms with van der Waals surface area (Å²) in [6, 6.07) is 65.2. The van der Waals surface area contributed by atoms with Crippen LogP contribution in [-0.4, -0.2) is 9.97 Å². The fourth-order valence-electron chi connectivity index (χ4n) is 7.52. The third-order valence-corrected chi connectivity index (χ3v) is 10.0. The van der Waals surface area contributed by atoms with Crippen LogP contribution < -0.4 is 0 Å². The molecule has 0 unspecified atom stereocenters. The number of aromatic nitrogens is 2. The van der Waals surface area contributed by atoms with E-state index in [4.69, 9.17) is 9.97 Å². The Labute approximate surface area is 290 Å². The molecule has 0 N–H and O–H groups in total. The Morgan fingerprint density at radius 1 is 0.260 bits per heavy atom. The van der Waals surface area contributed by atoms with E-state index in [0.717, 1.165) is 44.3 Å². The highest BCUT2D eigenvalue weighted by Gasteiger charge is 2.14. The molecule has 0 atom stereocenters. The monoisotopic (exact) mass is 634 g/mol. The van der Waals surface area contributed by atoms with Crippen LogP contribution in [0.4, 0.5) is 0 Å². The zero-order chi connectivity index (χ0) is 33.0. The minimum Gasteiger partial charge on any atom is -0.245 e. The Morgan fingerprint density at radius 2 is 0.760 bits per heavy atom. The molecule has 50 heavy (non-hydrogen) atoms. The lowest BCUT2D eigenvalue weighted by Gasteiger charge is -2.14. The third kappa shape index (κ3) is 4.73. The summed E-state index contributed by atoms with van der Waals surface area (Å²) in [5.41, 5.74) is 10.9. The first-order valence-electron chi connectivity index (χ1n) is 17.1. The van der Waals surface area contributed by atoms with Gasteiger partial charge in [0, 0.05) is 21.9 Å². The van der Waals surface area contributed by atoms with Crippen molar-refractivity contribution in [1.29, 1.82) is 0 Å². The third-order valence-electron chi connectivity index (χ3n) is 10.0. The summed E-state index contributed by atoms with van der Waals surface area (Å²) >= 11 is 0. The van der Waals surface area contributed by atoms with Crippen molar-refractivity contribution in [2.45, 2.75) is 0 Å². The Balaban J connectivity index is 1.07. The maximum absolute atomic E-state index is 5.29. The van der Waals surface area contributed by atoms with Gasteiger partial charge < -0.3 is 0 Å². The molecular formula is C48H30N2. The van der Waals surface area contributed by atoms with Crippen molar-refractivity contribution >= 4 is 54.1 Å². The van der Waals surface area contributed by atoms with E-state index in [1.807, 2.05) is 6.07 Å². The molecule has 10 aromatic rings. The van der Waals surface area contributed by atoms with Crippen LogP contribution in [0.3, 0.4) is 0 Å². The first-order chi connectivity index (χ1) is 24.8. The number of rotatable bonds is 4. The fourth-order valence-corrected chi connectivity index (χ4v) is 7.52. The average Bonchev–Trinajstić information content (AvgIpc) is 3.19. The Kier molecular flexibility index (Phi) is 6.53. The van der Waals surface area contributed by atoms with Gasteiger partial charge in [-0.3, -0.25) is 0 Å². The van der Waals surface area contributed by atoms with E-state index in [-0.39, 0.29) is 0 Å². The van der Waals surface area contributed by atoms with Crippen molar-refractivity contribution in [2.75, 3.05) is 0 Å². The predicted octanol–water partition coefficient (Wildman–Crippen LogP) is 12.9. The summed E-state index contributed by atoms with van der Waals surface area (Å²) in [5.74, 6) is 0. The summed E-state index contributed by atoms with van der Waals surface area (Å²) in [5, 5.41) is 9.56. The van der Waals surface area contributed by atoms with E-state index in [1.165, 1.54) is 54.6 Å². The second-order valence-electron chi connectivity index (χ2n) is 13.0. The Hall–Kier alpha value is -6.64. The number of hydrogen-bond acceptors (Lipinski definition) is 2. The average molecular weight is 635 g/mol. The minimum atomic E-state index is 0.920. The summed E-state index contributed by atoms with van der Waals surface area (Å²) in [4.78, 5) is 10.4. The summed E-state index contributed by atoms with van der Waals surface area (Å²) in [6.07, 6.45) is 0. The van der Waals surface area contributed by atoms with Gasteiger partial charge in [0.2, 0.25) is 0 Å². The number of hydrogen-bond donors (Lipinski definition) is 0. The lowest BCUT2D eigenvalue weighted by molar-refractivity contribution is 1.37. The number of nitrogens with zero attached hydrogens (tertiary/aromatic N) is 2. The molecule has 0 aliphatic rings. The molecule has 0 aliphatic carbocycles. The van der Waals surface area contributed by atoms with Crippen molar-refractivity contribution in [3.63, 3.8) is 0 Å². The molecule has 0 saturated heterocycles. The molecule has 2 heterocycles. The molecule has 10 rings (SSSR count). The second-order valence-corrected chi connectivity index (χ2v) is 13.0. The van der Waals surface area contributed by atoms with Crippen molar-refractivity contribution < 1.29 is 0 Å². The first kappa shape index (κ1) is 28.4. The zero-order valence-electron chi connectivity index (χ0n) is 27.2. The highest BCUT2D eigenvalue weighted by atomic mass is 14.8. The molecule has 8 aromatic carbocycles. The van der Waals surface area contributed by atoms with E-state index < -0.39 is 0 Å². The summed E-state index contributed by atoms with van der Waals surface area (Å²) in [6.45, 7) is 0. The van der Waals surface area contributed by atoms with Crippen molar-refractivity contribution in [3.05, 3.63) is 182 Å². The van der Waals surface area contributed by atoms with Crippen LogP contribution >= 0.6 is 0 Å². The normalized spacial score (nSPS) is 11.6. The van der Waals surface area contributed by atoms with Gasteiger partial charge in [0.05, 0.1) is 22.4 Å². The fraction of sp³-hybridized carbons (Fsp3) is 0. The molecule has 0 saturated carbocycles. The lowest BCUT2D eigenvalue weighted by atomic mass is 9.91. The van der Waals surface area contributed by atoms with E-state index in [2.05, 4.69) is 176 Å². The van der Waals surface area contributed by atoms with Gasteiger partial charge in [-0.1, -0.05) is 158 Å². The molecule has 0 amide bonds. The molecule has 0 spiro atoms. The molecule has 0 radical (unpaired) electrons. The van der Waals surface area contributed by atoms with E-state index in [1.54, 1.807) is 0 Å². The van der Waals surface area contributed by atoms with Crippen molar-refractivity contribution in [2.24, 2.45) is 0 Å². The number of fused-ring (bicyclic) bond motifs is 6. The second kappa shape index (κ2) is 11.5. The van der Waals surface area contributed by atoms with Crippen molar-refractivity contribution in [1.82, 2.24) is 9.97 Å². The maximum atomic E-state index is 5.29. The van der Waals surface area contributed by atoms with Gasteiger partial charge in [-0.15, -0.1) is 0 Å². The molecule has 0 bridgehead atoms. The van der Waals surface area contributed by atoms with Crippen LogP contribution in [0.15, 0.2) is 182 Å². The number of benzene rings is 8. The van der Waals surface area contributed by atoms with Crippen molar-refractivity contribution in [3.8, 4) is 44.8 Å². The largest absolute Gasteiger partial charge is 0.245 e. The van der Waals surface area contributed by atoms with E-state index >= 15 is 0 Å². The SMILES string of the molecule is c1ccc(-c2ccc3ccc4ccc(-c5ccc(-c6ccc7cc(-c8cccc9ccccc89)ccc7c6)c6ccccc56)nc4c3n2)cc1. The van der Waals surface area contributed by atoms with E-state index in [0.29, 0.717) is 0 Å².